The molecule has 0 aliphatic rings. The third kappa shape index (κ3) is 5.18. The summed E-state index contributed by atoms with van der Waals surface area (Å²) in [5, 5.41) is 0. The third-order valence-electron chi connectivity index (χ3n) is 1.92. The van der Waals surface area contributed by atoms with Crippen LogP contribution in [0, 0.1) is 0 Å². The number of carbonyl (C=O) groups excluding carboxylic acids is 1. The molecule has 1 aromatic carbocycles. The average molecular weight is 208 g/mol. The van der Waals surface area contributed by atoms with E-state index < -0.39 is 6.29 Å². The normalized spacial score (nSPS) is 12.1. The zero-order valence-electron chi connectivity index (χ0n) is 9.10. The number of ether oxygens (including phenoxy) is 2. The Morgan fingerprint density at radius 2 is 2.00 bits per heavy atom. The van der Waals surface area contributed by atoms with E-state index in [0.29, 0.717) is 6.61 Å². The van der Waals surface area contributed by atoms with Gasteiger partial charge in [0.25, 0.3) is 0 Å². The fourth-order valence-electron chi connectivity index (χ4n) is 1.26. The first-order chi connectivity index (χ1) is 7.18. The van der Waals surface area contributed by atoms with E-state index in [9.17, 15) is 4.79 Å². The minimum absolute atomic E-state index is 0.317. The van der Waals surface area contributed by atoms with E-state index in [2.05, 4.69) is 0 Å². The number of esters is 1. The van der Waals surface area contributed by atoms with Gasteiger partial charge in [0.05, 0.1) is 6.61 Å². The minimum atomic E-state index is -0.466. The largest absolute Gasteiger partial charge is 0.436 e. The summed E-state index contributed by atoms with van der Waals surface area (Å²) < 4.78 is 10.1. The van der Waals surface area contributed by atoms with Crippen LogP contribution >= 0.6 is 0 Å². The molecular formula is C12H16O3. The Hall–Kier alpha value is -1.35. The summed E-state index contributed by atoms with van der Waals surface area (Å²) in [6, 6.07) is 10.0. The van der Waals surface area contributed by atoms with E-state index >= 15 is 0 Å². The van der Waals surface area contributed by atoms with Crippen molar-refractivity contribution < 1.29 is 14.3 Å². The van der Waals surface area contributed by atoms with E-state index in [0.717, 1.165) is 6.42 Å². The highest BCUT2D eigenvalue weighted by molar-refractivity contribution is 5.65. The second-order valence-electron chi connectivity index (χ2n) is 3.28. The van der Waals surface area contributed by atoms with Gasteiger partial charge in [0.2, 0.25) is 0 Å². The van der Waals surface area contributed by atoms with Crippen molar-refractivity contribution >= 4 is 5.97 Å². The number of rotatable bonds is 5. The molecule has 3 nitrogen and oxygen atoms in total. The van der Waals surface area contributed by atoms with E-state index in [1.54, 1.807) is 6.92 Å². The topological polar surface area (TPSA) is 35.5 Å². The first-order valence-corrected chi connectivity index (χ1v) is 5.01. The lowest BCUT2D eigenvalue weighted by Crippen LogP contribution is -2.17. The van der Waals surface area contributed by atoms with Gasteiger partial charge in [0, 0.05) is 6.92 Å². The van der Waals surface area contributed by atoms with Gasteiger partial charge in [0.15, 0.2) is 6.29 Å². The van der Waals surface area contributed by atoms with Crippen LogP contribution in [0.15, 0.2) is 30.3 Å². The van der Waals surface area contributed by atoms with Crippen LogP contribution in [0.25, 0.3) is 0 Å². The molecule has 1 atom stereocenters. The van der Waals surface area contributed by atoms with Crippen LogP contribution < -0.4 is 0 Å². The lowest BCUT2D eigenvalue weighted by atomic mass is 10.2. The summed E-state index contributed by atoms with van der Waals surface area (Å²) in [4.78, 5) is 10.6. The van der Waals surface area contributed by atoms with Gasteiger partial charge in [0.1, 0.15) is 0 Å². The van der Waals surface area contributed by atoms with Gasteiger partial charge in [-0.15, -0.1) is 0 Å². The molecule has 0 saturated carbocycles. The summed E-state index contributed by atoms with van der Waals surface area (Å²) >= 11 is 0. The monoisotopic (exact) mass is 208 g/mol. The molecule has 1 rings (SSSR count). The van der Waals surface area contributed by atoms with E-state index in [1.807, 2.05) is 30.3 Å². The second kappa shape index (κ2) is 6.19. The molecule has 0 saturated heterocycles. The molecule has 82 valence electrons. The first kappa shape index (κ1) is 11.7. The maximum absolute atomic E-state index is 10.6. The Morgan fingerprint density at radius 1 is 1.33 bits per heavy atom. The van der Waals surface area contributed by atoms with Crippen LogP contribution in [0.2, 0.25) is 0 Å². The Labute approximate surface area is 90.0 Å². The second-order valence-corrected chi connectivity index (χ2v) is 3.28. The summed E-state index contributed by atoms with van der Waals surface area (Å²) in [6.07, 6.45) is 0.359. The van der Waals surface area contributed by atoms with E-state index in [4.69, 9.17) is 9.47 Å². The van der Waals surface area contributed by atoms with Gasteiger partial charge < -0.3 is 9.47 Å². The summed E-state index contributed by atoms with van der Waals surface area (Å²) in [7, 11) is 0. The van der Waals surface area contributed by atoms with Crippen molar-refractivity contribution in [3.63, 3.8) is 0 Å². The smallest absolute Gasteiger partial charge is 0.304 e. The van der Waals surface area contributed by atoms with Gasteiger partial charge >= 0.3 is 5.97 Å². The third-order valence-corrected chi connectivity index (χ3v) is 1.92. The van der Waals surface area contributed by atoms with Crippen molar-refractivity contribution in [2.24, 2.45) is 0 Å². The number of hydrogen-bond acceptors (Lipinski definition) is 3. The molecule has 0 aliphatic heterocycles. The molecule has 0 amide bonds. The first-order valence-electron chi connectivity index (χ1n) is 5.01. The number of carbonyl (C=O) groups is 1. The minimum Gasteiger partial charge on any atom is -0.436 e. The quantitative estimate of drug-likeness (QED) is 0.549. The predicted octanol–water partition coefficient (Wildman–Crippen LogP) is 2.15. The molecular weight excluding hydrogens is 192 g/mol. The average Bonchev–Trinajstić information content (AvgIpc) is 2.18. The van der Waals surface area contributed by atoms with Gasteiger partial charge in [-0.25, -0.2) is 0 Å². The van der Waals surface area contributed by atoms with Crippen LogP contribution in [0.3, 0.4) is 0 Å². The molecule has 0 N–H and O–H groups in total. The predicted molar refractivity (Wildman–Crippen MR) is 57.3 cm³/mol. The Bertz CT molecular complexity index is 295. The molecule has 15 heavy (non-hydrogen) atoms. The molecule has 0 radical (unpaired) electrons. The van der Waals surface area contributed by atoms with Crippen LogP contribution in [0.4, 0.5) is 0 Å². The van der Waals surface area contributed by atoms with Crippen molar-refractivity contribution in [3.8, 4) is 0 Å². The highest BCUT2D eigenvalue weighted by Gasteiger charge is 2.04. The molecule has 0 spiro atoms. The van der Waals surface area contributed by atoms with Gasteiger partial charge in [-0.2, -0.15) is 0 Å². The van der Waals surface area contributed by atoms with Gasteiger partial charge in [-0.3, -0.25) is 4.79 Å². The van der Waals surface area contributed by atoms with Crippen LogP contribution in [0.5, 0.6) is 0 Å². The van der Waals surface area contributed by atoms with Crippen molar-refractivity contribution in [1.29, 1.82) is 0 Å². The Morgan fingerprint density at radius 3 is 2.60 bits per heavy atom. The molecule has 0 aromatic heterocycles. The highest BCUT2D eigenvalue weighted by Crippen LogP contribution is 2.01. The molecule has 0 fully saturated rings. The summed E-state index contributed by atoms with van der Waals surface area (Å²) in [5.41, 5.74) is 1.22. The summed E-state index contributed by atoms with van der Waals surface area (Å²) in [6.45, 7) is 3.64. The van der Waals surface area contributed by atoms with Crippen molar-refractivity contribution in [3.05, 3.63) is 35.9 Å². The van der Waals surface area contributed by atoms with Crippen LogP contribution in [-0.2, 0) is 20.7 Å². The lowest BCUT2D eigenvalue weighted by molar-refractivity contribution is -0.171. The molecule has 0 unspecified atom stereocenters. The van der Waals surface area contributed by atoms with Crippen molar-refractivity contribution in [2.45, 2.75) is 26.6 Å². The zero-order valence-corrected chi connectivity index (χ0v) is 9.10. The van der Waals surface area contributed by atoms with Crippen molar-refractivity contribution in [1.82, 2.24) is 0 Å². The molecule has 0 bridgehead atoms. The zero-order chi connectivity index (χ0) is 11.1. The maximum atomic E-state index is 10.6. The standard InChI is InChI=1S/C12H16O3/c1-10(13)15-11(2)14-9-8-12-6-4-3-5-7-12/h3-7,11H,8-9H2,1-2H3/t11-/m0/s1. The fourth-order valence-corrected chi connectivity index (χ4v) is 1.26. The highest BCUT2D eigenvalue weighted by atomic mass is 16.7. The van der Waals surface area contributed by atoms with Gasteiger partial charge in [-0.05, 0) is 18.9 Å². The van der Waals surface area contributed by atoms with Gasteiger partial charge in [-0.1, -0.05) is 30.3 Å². The van der Waals surface area contributed by atoms with E-state index in [-0.39, 0.29) is 5.97 Å². The molecule has 1 aromatic rings. The Kier molecular flexibility index (Phi) is 4.84. The van der Waals surface area contributed by atoms with E-state index in [1.165, 1.54) is 12.5 Å². The fraction of sp³-hybridized carbons (Fsp3) is 0.417. The van der Waals surface area contributed by atoms with Crippen molar-refractivity contribution in [2.75, 3.05) is 6.61 Å². The number of benzene rings is 1. The SMILES string of the molecule is CC(=O)O[C@@H](C)OCCc1ccccc1. The molecule has 0 aliphatic carbocycles. The Balaban J connectivity index is 2.19. The molecule has 0 heterocycles. The number of hydrogen-bond donors (Lipinski definition) is 0. The molecule has 3 heteroatoms. The van der Waals surface area contributed by atoms with Crippen LogP contribution in [-0.4, -0.2) is 18.9 Å². The maximum Gasteiger partial charge on any atom is 0.304 e. The summed E-state index contributed by atoms with van der Waals surface area (Å²) in [5.74, 6) is -0.317. The van der Waals surface area contributed by atoms with Crippen LogP contribution in [0.1, 0.15) is 19.4 Å². The lowest BCUT2D eigenvalue weighted by Gasteiger charge is -2.12.